The van der Waals surface area contributed by atoms with Crippen molar-refractivity contribution in [3.8, 4) is 11.5 Å². The van der Waals surface area contributed by atoms with Crippen LogP contribution in [0, 0.1) is 0 Å². The second kappa shape index (κ2) is 11.1. The highest BCUT2D eigenvalue weighted by molar-refractivity contribution is 7.80. The van der Waals surface area contributed by atoms with E-state index in [0.29, 0.717) is 31.5 Å². The Bertz CT molecular complexity index is 455. The van der Waals surface area contributed by atoms with Gasteiger partial charge in [-0.05, 0) is 37.2 Å². The second-order valence-corrected chi connectivity index (χ2v) is 5.14. The zero-order valence-corrected chi connectivity index (χ0v) is 14.4. The molecule has 0 aromatic heterocycles. The summed E-state index contributed by atoms with van der Waals surface area (Å²) >= 11 is 5.23. The van der Waals surface area contributed by atoms with Gasteiger partial charge in [-0.3, -0.25) is 0 Å². The minimum Gasteiger partial charge on any atom is -0.490 e. The number of nitrogens with one attached hydrogen (secondary N) is 2. The Morgan fingerprint density at radius 2 is 1.73 bits per heavy atom. The molecule has 0 saturated heterocycles. The van der Waals surface area contributed by atoms with Crippen LogP contribution in [-0.2, 0) is 4.74 Å². The van der Waals surface area contributed by atoms with Crippen LogP contribution in [0.25, 0.3) is 0 Å². The molecule has 0 heterocycles. The predicted octanol–water partition coefficient (Wildman–Crippen LogP) is 3.20. The number of hydrogen-bond acceptors (Lipinski definition) is 4. The van der Waals surface area contributed by atoms with Crippen LogP contribution in [0.3, 0.4) is 0 Å². The third-order valence-electron chi connectivity index (χ3n) is 2.72. The number of anilines is 1. The summed E-state index contributed by atoms with van der Waals surface area (Å²) in [5, 5.41) is 6.75. The topological polar surface area (TPSA) is 51.8 Å². The average molecular weight is 326 g/mol. The number of ether oxygens (including phenoxy) is 3. The minimum absolute atomic E-state index is 0.556. The van der Waals surface area contributed by atoms with Gasteiger partial charge in [0.25, 0.3) is 0 Å². The van der Waals surface area contributed by atoms with E-state index in [-0.39, 0.29) is 0 Å². The lowest BCUT2D eigenvalue weighted by molar-refractivity contribution is 0.204. The van der Waals surface area contributed by atoms with Crippen molar-refractivity contribution >= 4 is 23.0 Å². The van der Waals surface area contributed by atoms with Crippen LogP contribution in [0.1, 0.15) is 26.7 Å². The van der Waals surface area contributed by atoms with Crippen LogP contribution in [0.5, 0.6) is 11.5 Å². The molecule has 0 atom stereocenters. The van der Waals surface area contributed by atoms with Gasteiger partial charge in [-0.1, -0.05) is 13.8 Å². The fraction of sp³-hybridized carbons (Fsp3) is 0.562. The summed E-state index contributed by atoms with van der Waals surface area (Å²) in [4.78, 5) is 0. The first kappa shape index (κ1) is 18.5. The molecule has 1 aromatic rings. The van der Waals surface area contributed by atoms with Crippen LogP contribution in [-0.4, -0.2) is 38.6 Å². The van der Waals surface area contributed by atoms with Crippen LogP contribution in [0.4, 0.5) is 5.69 Å². The molecule has 0 aliphatic carbocycles. The van der Waals surface area contributed by atoms with E-state index >= 15 is 0 Å². The minimum atomic E-state index is 0.556. The molecule has 0 amide bonds. The van der Waals surface area contributed by atoms with E-state index in [2.05, 4.69) is 24.5 Å². The molecule has 5 nitrogen and oxygen atoms in total. The van der Waals surface area contributed by atoms with Gasteiger partial charge < -0.3 is 24.8 Å². The summed E-state index contributed by atoms with van der Waals surface area (Å²) in [6.45, 7) is 6.75. The SMILES string of the molecule is CCCOc1ccc(NC(=S)NCCOC)cc1OCCC. The summed E-state index contributed by atoms with van der Waals surface area (Å²) in [5.74, 6) is 1.50. The van der Waals surface area contributed by atoms with Crippen LogP contribution in [0.15, 0.2) is 18.2 Å². The summed E-state index contributed by atoms with van der Waals surface area (Å²) < 4.78 is 16.4. The number of methoxy groups -OCH3 is 1. The average Bonchev–Trinajstić information content (AvgIpc) is 2.52. The van der Waals surface area contributed by atoms with Crippen molar-refractivity contribution in [3.05, 3.63) is 18.2 Å². The highest BCUT2D eigenvalue weighted by atomic mass is 32.1. The molecular formula is C16H26N2O3S. The molecule has 2 N–H and O–H groups in total. The van der Waals surface area contributed by atoms with E-state index in [1.54, 1.807) is 7.11 Å². The molecule has 0 radical (unpaired) electrons. The Morgan fingerprint density at radius 1 is 1.05 bits per heavy atom. The highest BCUT2D eigenvalue weighted by Gasteiger charge is 2.07. The number of thiocarbonyl (C=S) groups is 1. The van der Waals surface area contributed by atoms with Crippen molar-refractivity contribution in [2.45, 2.75) is 26.7 Å². The van der Waals surface area contributed by atoms with E-state index in [1.165, 1.54) is 0 Å². The second-order valence-electron chi connectivity index (χ2n) is 4.73. The van der Waals surface area contributed by atoms with E-state index in [4.69, 9.17) is 26.4 Å². The highest BCUT2D eigenvalue weighted by Crippen LogP contribution is 2.30. The standard InChI is InChI=1S/C16H26N2O3S/c1-4-9-20-14-7-6-13(12-15(14)21-10-5-2)18-16(22)17-8-11-19-3/h6-7,12H,4-5,8-11H2,1-3H3,(H2,17,18,22). The van der Waals surface area contributed by atoms with Gasteiger partial charge >= 0.3 is 0 Å². The van der Waals surface area contributed by atoms with Gasteiger partial charge in [-0.2, -0.15) is 0 Å². The van der Waals surface area contributed by atoms with Gasteiger partial charge in [-0.25, -0.2) is 0 Å². The summed E-state index contributed by atoms with van der Waals surface area (Å²) in [6, 6.07) is 5.74. The van der Waals surface area contributed by atoms with Crippen molar-refractivity contribution in [2.24, 2.45) is 0 Å². The fourth-order valence-corrected chi connectivity index (χ4v) is 1.90. The molecule has 0 spiro atoms. The predicted molar refractivity (Wildman–Crippen MR) is 94.1 cm³/mol. The lowest BCUT2D eigenvalue weighted by Crippen LogP contribution is -2.31. The first-order valence-electron chi connectivity index (χ1n) is 7.64. The third kappa shape index (κ3) is 6.95. The van der Waals surface area contributed by atoms with E-state index in [0.717, 1.165) is 30.0 Å². The summed E-state index contributed by atoms with van der Waals surface area (Å²) in [7, 11) is 1.66. The first-order chi connectivity index (χ1) is 10.7. The van der Waals surface area contributed by atoms with Gasteiger partial charge in [0.15, 0.2) is 16.6 Å². The molecule has 0 fully saturated rings. The molecule has 1 aromatic carbocycles. The maximum atomic E-state index is 5.76. The molecule has 0 aliphatic heterocycles. The van der Waals surface area contributed by atoms with Crippen molar-refractivity contribution in [3.63, 3.8) is 0 Å². The summed E-state index contributed by atoms with van der Waals surface area (Å²) in [6.07, 6.45) is 1.91. The maximum absolute atomic E-state index is 5.76. The van der Waals surface area contributed by atoms with Crippen LogP contribution in [0.2, 0.25) is 0 Å². The lowest BCUT2D eigenvalue weighted by atomic mass is 10.2. The van der Waals surface area contributed by atoms with Gasteiger partial charge in [0, 0.05) is 25.4 Å². The van der Waals surface area contributed by atoms with Crippen LogP contribution >= 0.6 is 12.2 Å². The largest absolute Gasteiger partial charge is 0.490 e. The van der Waals surface area contributed by atoms with Gasteiger partial charge in [-0.15, -0.1) is 0 Å². The van der Waals surface area contributed by atoms with Gasteiger partial charge in [0.1, 0.15) is 0 Å². The molecular weight excluding hydrogens is 300 g/mol. The van der Waals surface area contributed by atoms with Gasteiger partial charge in [0.2, 0.25) is 0 Å². The number of benzene rings is 1. The molecule has 6 heteroatoms. The molecule has 0 unspecified atom stereocenters. The smallest absolute Gasteiger partial charge is 0.170 e. The van der Waals surface area contributed by atoms with Crippen molar-refractivity contribution < 1.29 is 14.2 Å². The number of hydrogen-bond donors (Lipinski definition) is 2. The summed E-state index contributed by atoms with van der Waals surface area (Å²) in [5.41, 5.74) is 0.866. The Balaban J connectivity index is 2.68. The molecule has 124 valence electrons. The molecule has 1 rings (SSSR count). The van der Waals surface area contributed by atoms with Crippen molar-refractivity contribution in [1.82, 2.24) is 5.32 Å². The molecule has 0 bridgehead atoms. The van der Waals surface area contributed by atoms with Crippen LogP contribution < -0.4 is 20.1 Å². The number of rotatable bonds is 10. The van der Waals surface area contributed by atoms with Crippen molar-refractivity contribution in [2.75, 3.05) is 38.8 Å². The molecule has 22 heavy (non-hydrogen) atoms. The van der Waals surface area contributed by atoms with Gasteiger partial charge in [0.05, 0.1) is 19.8 Å². The first-order valence-corrected chi connectivity index (χ1v) is 8.05. The maximum Gasteiger partial charge on any atom is 0.170 e. The zero-order valence-electron chi connectivity index (χ0n) is 13.6. The van der Waals surface area contributed by atoms with E-state index in [1.807, 2.05) is 18.2 Å². The fourth-order valence-electron chi connectivity index (χ4n) is 1.68. The molecule has 0 saturated carbocycles. The van der Waals surface area contributed by atoms with E-state index in [9.17, 15) is 0 Å². The Hall–Kier alpha value is -1.53. The monoisotopic (exact) mass is 326 g/mol. The zero-order chi connectivity index (χ0) is 16.2. The third-order valence-corrected chi connectivity index (χ3v) is 2.96. The van der Waals surface area contributed by atoms with Crippen molar-refractivity contribution in [1.29, 1.82) is 0 Å². The lowest BCUT2D eigenvalue weighted by Gasteiger charge is -2.15. The Labute approximate surface area is 138 Å². The Kier molecular flexibility index (Phi) is 9.34. The normalized spacial score (nSPS) is 10.1. The van der Waals surface area contributed by atoms with E-state index < -0.39 is 0 Å². The Morgan fingerprint density at radius 3 is 2.36 bits per heavy atom. The quantitative estimate of drug-likeness (QED) is 0.509. The molecule has 0 aliphatic rings.